The third-order valence-corrected chi connectivity index (χ3v) is 9.77. The first-order valence-electron chi connectivity index (χ1n) is 12.2. The van der Waals surface area contributed by atoms with Gasteiger partial charge in [-0.15, -0.1) is 0 Å². The summed E-state index contributed by atoms with van der Waals surface area (Å²) in [6.07, 6.45) is 5.23. The van der Waals surface area contributed by atoms with Crippen LogP contribution in [-0.4, -0.2) is 64.6 Å². The van der Waals surface area contributed by atoms with Gasteiger partial charge in [-0.05, 0) is 69.6 Å². The van der Waals surface area contributed by atoms with Crippen molar-refractivity contribution in [2.75, 3.05) is 6.61 Å². The number of aliphatic hydroxyl groups excluding tert-OH is 1. The molecule has 6 rings (SSSR count). The monoisotopic (exact) mass is 472 g/mol. The Morgan fingerprint density at radius 2 is 1.85 bits per heavy atom. The molecule has 0 aromatic heterocycles. The van der Waals surface area contributed by atoms with Crippen LogP contribution in [0.2, 0.25) is 0 Å². The zero-order valence-corrected chi connectivity index (χ0v) is 20.3. The minimum atomic E-state index is -1.27. The van der Waals surface area contributed by atoms with Gasteiger partial charge in [0.15, 0.2) is 23.8 Å². The summed E-state index contributed by atoms with van der Waals surface area (Å²) in [4.78, 5) is 37.3. The van der Waals surface area contributed by atoms with Gasteiger partial charge in [-0.1, -0.05) is 13.0 Å². The Kier molecular flexibility index (Phi) is 4.29. The van der Waals surface area contributed by atoms with Crippen molar-refractivity contribution in [1.29, 1.82) is 0 Å². The average Bonchev–Trinajstić information content (AvgIpc) is 3.32. The van der Waals surface area contributed by atoms with Gasteiger partial charge in [0, 0.05) is 17.8 Å². The summed E-state index contributed by atoms with van der Waals surface area (Å²) in [6.45, 7) is 8.64. The van der Waals surface area contributed by atoms with E-state index in [0.29, 0.717) is 19.3 Å². The topological polar surface area (TPSA) is 112 Å². The molecule has 0 radical (unpaired) electrons. The molecule has 1 N–H and O–H groups in total. The first-order chi connectivity index (χ1) is 15.8. The first-order valence-corrected chi connectivity index (χ1v) is 12.2. The molecule has 2 heterocycles. The highest BCUT2D eigenvalue weighted by molar-refractivity contribution is 6.01. The maximum Gasteiger partial charge on any atom is 0.303 e. The Morgan fingerprint density at radius 1 is 1.12 bits per heavy atom. The molecule has 6 aliphatic rings. The van der Waals surface area contributed by atoms with Gasteiger partial charge in [0.2, 0.25) is 5.78 Å². The number of Topliss-reactive ketones (excluding diaryl/α,β-unsaturated/α-hetero) is 1. The number of hydrogen-bond donors (Lipinski definition) is 1. The van der Waals surface area contributed by atoms with Gasteiger partial charge in [0.25, 0.3) is 0 Å². The van der Waals surface area contributed by atoms with Crippen LogP contribution in [-0.2, 0) is 33.3 Å². The molecule has 4 aliphatic carbocycles. The number of aliphatic hydroxyl groups is 1. The third-order valence-electron chi connectivity index (χ3n) is 9.77. The Morgan fingerprint density at radius 3 is 2.56 bits per heavy atom. The molecule has 0 bridgehead atoms. The Bertz CT molecular complexity index is 1070. The number of epoxide rings is 1. The fraction of sp³-hybridized carbons (Fsp3) is 0.731. The fourth-order valence-corrected chi connectivity index (χ4v) is 8.56. The quantitative estimate of drug-likeness (QED) is 0.491. The number of fused-ring (bicyclic) bond motifs is 5. The molecule has 0 amide bonds. The number of ether oxygens (including phenoxy) is 4. The smallest absolute Gasteiger partial charge is 0.303 e. The second-order valence-electron chi connectivity index (χ2n) is 11.8. The van der Waals surface area contributed by atoms with E-state index in [1.165, 1.54) is 6.92 Å². The van der Waals surface area contributed by atoms with Crippen LogP contribution in [0.25, 0.3) is 0 Å². The number of rotatable bonds is 3. The summed E-state index contributed by atoms with van der Waals surface area (Å²) >= 11 is 0. The normalized spacial score (nSPS) is 51.4. The van der Waals surface area contributed by atoms with E-state index in [4.69, 9.17) is 18.9 Å². The number of esters is 1. The molecule has 2 aliphatic heterocycles. The molecule has 3 saturated carbocycles. The van der Waals surface area contributed by atoms with E-state index in [0.717, 1.165) is 5.57 Å². The summed E-state index contributed by atoms with van der Waals surface area (Å²) in [5, 5.41) is 11.2. The van der Waals surface area contributed by atoms with Gasteiger partial charge in [0.05, 0.1) is 18.3 Å². The number of hydrogen-bond acceptors (Lipinski definition) is 8. The lowest BCUT2D eigenvalue weighted by molar-refractivity contribution is -0.213. The van der Waals surface area contributed by atoms with Gasteiger partial charge >= 0.3 is 5.97 Å². The predicted molar refractivity (Wildman–Crippen MR) is 117 cm³/mol. The SMILES string of the molecule is CC(=O)OCC(=O)[C@@]12OC(C)(C)OC1C[C@H]1C3CC(O)C4=CC(=O)C=C[C@]4(C)[C@]34O[C@@H]4C[C@@]12C. The molecule has 2 saturated heterocycles. The fourth-order valence-electron chi connectivity index (χ4n) is 8.56. The molecule has 1 spiro atoms. The predicted octanol–water partition coefficient (Wildman–Crippen LogP) is 2.03. The largest absolute Gasteiger partial charge is 0.458 e. The van der Waals surface area contributed by atoms with E-state index >= 15 is 0 Å². The third kappa shape index (κ3) is 2.45. The lowest BCUT2D eigenvalue weighted by atomic mass is 9.46. The molecular weight excluding hydrogens is 440 g/mol. The Labute approximate surface area is 198 Å². The minimum absolute atomic E-state index is 0.0207. The maximum absolute atomic E-state index is 13.7. The van der Waals surface area contributed by atoms with Crippen LogP contribution in [0, 0.1) is 22.7 Å². The first kappa shape index (κ1) is 22.6. The molecule has 3 unspecified atom stereocenters. The zero-order chi connectivity index (χ0) is 24.5. The molecule has 8 nitrogen and oxygen atoms in total. The van der Waals surface area contributed by atoms with Crippen molar-refractivity contribution >= 4 is 17.5 Å². The summed E-state index contributed by atoms with van der Waals surface area (Å²) in [7, 11) is 0. The van der Waals surface area contributed by atoms with Crippen LogP contribution < -0.4 is 0 Å². The van der Waals surface area contributed by atoms with Crippen LogP contribution in [0.4, 0.5) is 0 Å². The molecule has 5 fully saturated rings. The molecular formula is C26H32O8. The number of carbonyl (C=O) groups is 3. The van der Waals surface area contributed by atoms with Crippen LogP contribution in [0.15, 0.2) is 23.8 Å². The summed E-state index contributed by atoms with van der Waals surface area (Å²) < 4.78 is 24.5. The number of allylic oxidation sites excluding steroid dienone is 2. The van der Waals surface area contributed by atoms with Crippen molar-refractivity contribution in [2.24, 2.45) is 22.7 Å². The van der Waals surface area contributed by atoms with Gasteiger partial charge in [-0.2, -0.15) is 0 Å². The van der Waals surface area contributed by atoms with Crippen LogP contribution in [0.5, 0.6) is 0 Å². The summed E-state index contributed by atoms with van der Waals surface area (Å²) in [5.74, 6) is -1.95. The van der Waals surface area contributed by atoms with Crippen molar-refractivity contribution in [2.45, 2.75) is 89.2 Å². The van der Waals surface area contributed by atoms with E-state index in [9.17, 15) is 19.5 Å². The van der Waals surface area contributed by atoms with Crippen molar-refractivity contribution in [1.82, 2.24) is 0 Å². The van der Waals surface area contributed by atoms with Gasteiger partial charge in [-0.3, -0.25) is 14.4 Å². The van der Waals surface area contributed by atoms with Gasteiger partial charge in [0.1, 0.15) is 5.60 Å². The average molecular weight is 473 g/mol. The summed E-state index contributed by atoms with van der Waals surface area (Å²) in [6, 6.07) is 0. The Balaban J connectivity index is 1.43. The second kappa shape index (κ2) is 6.46. The summed E-state index contributed by atoms with van der Waals surface area (Å²) in [5.41, 5.74) is -2.32. The molecule has 0 aromatic rings. The van der Waals surface area contributed by atoms with Crippen LogP contribution in [0.1, 0.15) is 53.9 Å². The highest BCUT2D eigenvalue weighted by atomic mass is 16.8. The Hall–Kier alpha value is -1.87. The van der Waals surface area contributed by atoms with Crippen molar-refractivity contribution in [3.05, 3.63) is 23.8 Å². The van der Waals surface area contributed by atoms with Crippen LogP contribution in [0.3, 0.4) is 0 Å². The molecule has 8 heteroatoms. The van der Waals surface area contributed by atoms with E-state index in [1.54, 1.807) is 26.0 Å². The maximum atomic E-state index is 13.7. The number of ketones is 2. The van der Waals surface area contributed by atoms with E-state index < -0.39 is 46.0 Å². The molecule has 9 atom stereocenters. The number of carbonyl (C=O) groups excluding carboxylic acids is 3. The van der Waals surface area contributed by atoms with E-state index in [1.807, 2.05) is 13.0 Å². The lowest BCUT2D eigenvalue weighted by Gasteiger charge is -2.56. The van der Waals surface area contributed by atoms with Crippen LogP contribution >= 0.6 is 0 Å². The van der Waals surface area contributed by atoms with Crippen molar-refractivity contribution < 1.29 is 38.4 Å². The minimum Gasteiger partial charge on any atom is -0.458 e. The van der Waals surface area contributed by atoms with E-state index in [2.05, 4.69) is 6.92 Å². The standard InChI is InChI=1S/C26H32O8/c1-13(27)31-12-19(30)26-20(32-22(2,3)34-26)10-15-16-9-18(29)17-8-14(28)6-7-23(17,4)25(16)21(33-25)11-24(15,26)5/h6-8,15-16,18,20-21,29H,9-12H2,1-5H3/t15-,16?,18?,20?,21+,23-,24-,25-,26+/m0/s1. The molecule has 34 heavy (non-hydrogen) atoms. The highest BCUT2D eigenvalue weighted by Gasteiger charge is 2.85. The zero-order valence-electron chi connectivity index (χ0n) is 20.3. The highest BCUT2D eigenvalue weighted by Crippen LogP contribution is 2.77. The van der Waals surface area contributed by atoms with Crippen molar-refractivity contribution in [3.63, 3.8) is 0 Å². The van der Waals surface area contributed by atoms with E-state index in [-0.39, 0.29) is 36.1 Å². The second-order valence-corrected chi connectivity index (χ2v) is 11.8. The van der Waals surface area contributed by atoms with Crippen molar-refractivity contribution in [3.8, 4) is 0 Å². The van der Waals surface area contributed by atoms with Gasteiger partial charge in [-0.25, -0.2) is 0 Å². The van der Waals surface area contributed by atoms with Gasteiger partial charge < -0.3 is 24.1 Å². The lowest BCUT2D eigenvalue weighted by Crippen LogP contribution is -2.64. The molecule has 0 aromatic carbocycles. The molecule has 184 valence electrons.